The lowest BCUT2D eigenvalue weighted by molar-refractivity contribution is 0.0698. The van der Waals surface area contributed by atoms with Crippen LogP contribution in [-0.4, -0.2) is 20.6 Å². The van der Waals surface area contributed by atoms with Gasteiger partial charge in [0, 0.05) is 6.54 Å². The molecule has 0 bridgehead atoms. The van der Waals surface area contributed by atoms with Crippen LogP contribution in [0.3, 0.4) is 0 Å². The van der Waals surface area contributed by atoms with Gasteiger partial charge in [-0.25, -0.2) is 9.78 Å². The Hall–Kier alpha value is -1.84. The molecule has 1 aromatic carbocycles. The van der Waals surface area contributed by atoms with Crippen molar-refractivity contribution < 1.29 is 9.90 Å². The molecule has 4 heteroatoms. The van der Waals surface area contributed by atoms with Gasteiger partial charge in [0.15, 0.2) is 0 Å². The number of carbonyl (C=O) groups is 1. The van der Waals surface area contributed by atoms with E-state index in [4.69, 9.17) is 5.11 Å². The molecule has 0 saturated heterocycles. The normalized spacial score (nSPS) is 10.7. The molecule has 0 radical (unpaired) electrons. The topological polar surface area (TPSA) is 55.1 Å². The molecule has 0 aliphatic rings. The number of rotatable bonds is 3. The first-order chi connectivity index (χ1) is 7.24. The van der Waals surface area contributed by atoms with E-state index in [9.17, 15) is 4.79 Å². The fraction of sp³-hybridized carbons (Fsp3) is 0.273. The van der Waals surface area contributed by atoms with Crippen LogP contribution in [-0.2, 0) is 6.54 Å². The standard InChI is InChI=1S/C11H12N2O2/c1-2-6-13-7-12-9-5-3-4-8(10(9)13)11(14)15/h3-5,7H,2,6H2,1H3,(H,14,15). The van der Waals surface area contributed by atoms with Crippen molar-refractivity contribution in [2.45, 2.75) is 19.9 Å². The number of para-hydroxylation sites is 1. The minimum absolute atomic E-state index is 0.318. The zero-order chi connectivity index (χ0) is 10.8. The minimum atomic E-state index is -0.904. The van der Waals surface area contributed by atoms with Gasteiger partial charge < -0.3 is 9.67 Å². The summed E-state index contributed by atoms with van der Waals surface area (Å²) in [6.07, 6.45) is 2.65. The Morgan fingerprint density at radius 3 is 3.00 bits per heavy atom. The van der Waals surface area contributed by atoms with Crippen LogP contribution < -0.4 is 0 Å². The van der Waals surface area contributed by atoms with E-state index in [0.717, 1.165) is 18.5 Å². The number of hydrogen-bond acceptors (Lipinski definition) is 2. The Balaban J connectivity index is 2.69. The van der Waals surface area contributed by atoms with Crippen LogP contribution in [0.4, 0.5) is 0 Å². The zero-order valence-electron chi connectivity index (χ0n) is 8.47. The molecule has 0 amide bonds. The molecule has 0 saturated carbocycles. The highest BCUT2D eigenvalue weighted by Crippen LogP contribution is 2.18. The van der Waals surface area contributed by atoms with Gasteiger partial charge in [0.1, 0.15) is 0 Å². The molecule has 0 aliphatic heterocycles. The van der Waals surface area contributed by atoms with Crippen molar-refractivity contribution in [3.05, 3.63) is 30.1 Å². The van der Waals surface area contributed by atoms with E-state index in [2.05, 4.69) is 11.9 Å². The zero-order valence-corrected chi connectivity index (χ0v) is 8.47. The summed E-state index contributed by atoms with van der Waals surface area (Å²) in [6.45, 7) is 2.84. The number of hydrogen-bond donors (Lipinski definition) is 1. The van der Waals surface area contributed by atoms with Crippen molar-refractivity contribution in [1.82, 2.24) is 9.55 Å². The Morgan fingerprint density at radius 1 is 1.53 bits per heavy atom. The fourth-order valence-corrected chi connectivity index (χ4v) is 1.71. The van der Waals surface area contributed by atoms with Gasteiger partial charge in [-0.1, -0.05) is 13.0 Å². The largest absolute Gasteiger partial charge is 0.478 e. The average Bonchev–Trinajstić information content (AvgIpc) is 2.62. The highest BCUT2D eigenvalue weighted by atomic mass is 16.4. The summed E-state index contributed by atoms with van der Waals surface area (Å²) in [5.74, 6) is -0.904. The summed E-state index contributed by atoms with van der Waals surface area (Å²) in [7, 11) is 0. The van der Waals surface area contributed by atoms with Crippen molar-refractivity contribution in [3.8, 4) is 0 Å². The molecule has 15 heavy (non-hydrogen) atoms. The van der Waals surface area contributed by atoms with Gasteiger partial charge >= 0.3 is 5.97 Å². The molecule has 1 heterocycles. The minimum Gasteiger partial charge on any atom is -0.478 e. The molecule has 0 aliphatic carbocycles. The lowest BCUT2D eigenvalue weighted by atomic mass is 10.2. The third-order valence-corrected chi connectivity index (χ3v) is 2.33. The van der Waals surface area contributed by atoms with Crippen molar-refractivity contribution >= 4 is 17.0 Å². The molecule has 78 valence electrons. The number of imidazole rings is 1. The second-order valence-corrected chi connectivity index (χ2v) is 3.42. The smallest absolute Gasteiger partial charge is 0.337 e. The maximum absolute atomic E-state index is 11.0. The van der Waals surface area contributed by atoms with Crippen molar-refractivity contribution in [2.24, 2.45) is 0 Å². The molecule has 0 unspecified atom stereocenters. The number of nitrogens with zero attached hydrogens (tertiary/aromatic N) is 2. The monoisotopic (exact) mass is 204 g/mol. The van der Waals surface area contributed by atoms with Crippen LogP contribution >= 0.6 is 0 Å². The van der Waals surface area contributed by atoms with E-state index in [-0.39, 0.29) is 0 Å². The van der Waals surface area contributed by atoms with Crippen molar-refractivity contribution in [1.29, 1.82) is 0 Å². The third kappa shape index (κ3) is 1.58. The van der Waals surface area contributed by atoms with Crippen LogP contribution in [0, 0.1) is 0 Å². The highest BCUT2D eigenvalue weighted by Gasteiger charge is 2.12. The summed E-state index contributed by atoms with van der Waals surface area (Å²) in [5, 5.41) is 9.05. The second-order valence-electron chi connectivity index (χ2n) is 3.42. The first-order valence-corrected chi connectivity index (χ1v) is 4.91. The number of fused-ring (bicyclic) bond motifs is 1. The van der Waals surface area contributed by atoms with Gasteiger partial charge in [0.05, 0.1) is 22.9 Å². The van der Waals surface area contributed by atoms with Gasteiger partial charge in [-0.3, -0.25) is 0 Å². The van der Waals surface area contributed by atoms with E-state index in [1.165, 1.54) is 0 Å². The number of carboxylic acid groups (broad SMARTS) is 1. The number of aryl methyl sites for hydroxylation is 1. The molecule has 1 N–H and O–H groups in total. The molecule has 0 fully saturated rings. The molecule has 4 nitrogen and oxygen atoms in total. The Morgan fingerprint density at radius 2 is 2.33 bits per heavy atom. The predicted octanol–water partition coefficient (Wildman–Crippen LogP) is 2.14. The average molecular weight is 204 g/mol. The van der Waals surface area contributed by atoms with Gasteiger partial charge in [-0.15, -0.1) is 0 Å². The summed E-state index contributed by atoms with van der Waals surface area (Å²) in [4.78, 5) is 15.2. The lowest BCUT2D eigenvalue weighted by Crippen LogP contribution is -2.02. The van der Waals surface area contributed by atoms with Crippen molar-refractivity contribution in [2.75, 3.05) is 0 Å². The molecule has 0 spiro atoms. The predicted molar refractivity (Wildman–Crippen MR) is 57.0 cm³/mol. The van der Waals surface area contributed by atoms with Gasteiger partial charge in [0.2, 0.25) is 0 Å². The molecular weight excluding hydrogens is 192 g/mol. The van der Waals surface area contributed by atoms with Gasteiger partial charge in [-0.05, 0) is 18.6 Å². The molecule has 1 aromatic heterocycles. The van der Waals surface area contributed by atoms with Crippen LogP contribution in [0.25, 0.3) is 11.0 Å². The van der Waals surface area contributed by atoms with Gasteiger partial charge in [0.25, 0.3) is 0 Å². The van der Waals surface area contributed by atoms with E-state index in [1.54, 1.807) is 18.5 Å². The summed E-state index contributed by atoms with van der Waals surface area (Å²) >= 11 is 0. The first kappa shape index (κ1) is 9.71. The SMILES string of the molecule is CCCn1cnc2cccc(C(=O)O)c21. The van der Waals surface area contributed by atoms with E-state index in [0.29, 0.717) is 11.1 Å². The van der Waals surface area contributed by atoms with Gasteiger partial charge in [-0.2, -0.15) is 0 Å². The summed E-state index contributed by atoms with van der Waals surface area (Å²) in [5.41, 5.74) is 1.77. The quantitative estimate of drug-likeness (QED) is 0.833. The van der Waals surface area contributed by atoms with E-state index in [1.807, 2.05) is 10.6 Å². The Labute approximate surface area is 87.2 Å². The number of benzene rings is 1. The Bertz CT molecular complexity index is 502. The summed E-state index contributed by atoms with van der Waals surface area (Å²) in [6, 6.07) is 5.15. The maximum atomic E-state index is 11.0. The molecule has 2 aromatic rings. The Kier molecular flexibility index (Phi) is 2.41. The number of aromatic nitrogens is 2. The molecular formula is C11H12N2O2. The van der Waals surface area contributed by atoms with Crippen LogP contribution in [0.2, 0.25) is 0 Å². The van der Waals surface area contributed by atoms with E-state index < -0.39 is 5.97 Å². The van der Waals surface area contributed by atoms with Crippen LogP contribution in [0.5, 0.6) is 0 Å². The lowest BCUT2D eigenvalue weighted by Gasteiger charge is -2.03. The highest BCUT2D eigenvalue weighted by molar-refractivity contribution is 6.01. The number of aromatic carboxylic acids is 1. The third-order valence-electron chi connectivity index (χ3n) is 2.33. The second kappa shape index (κ2) is 3.73. The van der Waals surface area contributed by atoms with Crippen LogP contribution in [0.15, 0.2) is 24.5 Å². The summed E-state index contributed by atoms with van der Waals surface area (Å²) < 4.78 is 1.89. The maximum Gasteiger partial charge on any atom is 0.337 e. The van der Waals surface area contributed by atoms with E-state index >= 15 is 0 Å². The number of carboxylic acids is 1. The first-order valence-electron chi connectivity index (χ1n) is 4.91. The molecule has 0 atom stereocenters. The van der Waals surface area contributed by atoms with Crippen molar-refractivity contribution in [3.63, 3.8) is 0 Å². The van der Waals surface area contributed by atoms with Crippen LogP contribution in [0.1, 0.15) is 23.7 Å². The molecule has 2 rings (SSSR count). The fourth-order valence-electron chi connectivity index (χ4n) is 1.71.